The van der Waals surface area contributed by atoms with Crippen molar-refractivity contribution in [1.29, 1.82) is 0 Å². The van der Waals surface area contributed by atoms with E-state index in [0.717, 1.165) is 6.07 Å². The topological polar surface area (TPSA) is 109 Å². The maximum Gasteiger partial charge on any atom is 0.335 e. The first-order valence-corrected chi connectivity index (χ1v) is 7.48. The number of aromatic nitrogens is 2. The Balaban J connectivity index is 2.24. The normalized spacial score (nSPS) is 11.3. The molecule has 0 saturated carbocycles. The molecule has 0 fully saturated rings. The lowest BCUT2D eigenvalue weighted by Crippen LogP contribution is -2.24. The highest BCUT2D eigenvalue weighted by Crippen LogP contribution is 2.15. The van der Waals surface area contributed by atoms with Gasteiger partial charge in [0.25, 0.3) is 0 Å². The number of aromatic carboxylic acids is 1. The first kappa shape index (κ1) is 15.1. The molecule has 0 aliphatic heterocycles. The van der Waals surface area contributed by atoms with Crippen molar-refractivity contribution in [3.05, 3.63) is 53.3 Å². The van der Waals surface area contributed by atoms with Gasteiger partial charge in [-0.3, -0.25) is 0 Å². The zero-order valence-electron chi connectivity index (χ0n) is 11.1. The molecule has 0 bridgehead atoms. The van der Waals surface area contributed by atoms with Crippen LogP contribution in [0.1, 0.15) is 21.6 Å². The van der Waals surface area contributed by atoms with Crippen molar-refractivity contribution >= 4 is 16.0 Å². The van der Waals surface area contributed by atoms with Gasteiger partial charge in [-0.25, -0.2) is 17.9 Å². The van der Waals surface area contributed by atoms with Gasteiger partial charge < -0.3 is 5.11 Å². The maximum absolute atomic E-state index is 12.1. The Kier molecular flexibility index (Phi) is 4.29. The number of rotatable bonds is 5. The molecule has 1 aromatic heterocycles. The number of hydrogen-bond donors (Lipinski definition) is 2. The number of nitrogens with zero attached hydrogens (tertiary/aromatic N) is 2. The molecule has 110 valence electrons. The summed E-state index contributed by atoms with van der Waals surface area (Å²) in [5.74, 6) is -1.17. The molecule has 8 heteroatoms. The van der Waals surface area contributed by atoms with E-state index in [4.69, 9.17) is 5.11 Å². The van der Waals surface area contributed by atoms with Gasteiger partial charge in [-0.1, -0.05) is 6.07 Å². The number of benzene rings is 1. The van der Waals surface area contributed by atoms with Crippen molar-refractivity contribution in [2.24, 2.45) is 0 Å². The Bertz CT molecular complexity index is 760. The van der Waals surface area contributed by atoms with E-state index in [1.165, 1.54) is 18.3 Å². The Hall–Kier alpha value is -2.32. The van der Waals surface area contributed by atoms with Gasteiger partial charge in [0.05, 0.1) is 22.7 Å². The minimum Gasteiger partial charge on any atom is -0.478 e. The molecule has 2 aromatic rings. The second-order valence-corrected chi connectivity index (χ2v) is 6.09. The molecule has 21 heavy (non-hydrogen) atoms. The van der Waals surface area contributed by atoms with E-state index in [0.29, 0.717) is 11.3 Å². The average Bonchev–Trinajstić information content (AvgIpc) is 2.46. The molecule has 0 aliphatic carbocycles. The average molecular weight is 307 g/mol. The Morgan fingerprint density at radius 3 is 2.71 bits per heavy atom. The van der Waals surface area contributed by atoms with Crippen LogP contribution in [-0.2, 0) is 16.6 Å². The van der Waals surface area contributed by atoms with Gasteiger partial charge in [-0.15, -0.1) is 0 Å². The predicted octanol–water partition coefficient (Wildman–Crippen LogP) is 0.962. The zero-order valence-corrected chi connectivity index (χ0v) is 12.0. The van der Waals surface area contributed by atoms with Gasteiger partial charge in [-0.2, -0.15) is 10.2 Å². The Labute approximate surface area is 121 Å². The number of sulfonamides is 1. The highest BCUT2D eigenvalue weighted by atomic mass is 32.2. The van der Waals surface area contributed by atoms with Crippen LogP contribution in [0.3, 0.4) is 0 Å². The van der Waals surface area contributed by atoms with Crippen molar-refractivity contribution in [2.75, 3.05) is 0 Å². The number of aryl methyl sites for hydroxylation is 1. The molecule has 0 radical (unpaired) electrons. The van der Waals surface area contributed by atoms with Crippen LogP contribution in [0, 0.1) is 6.92 Å². The fourth-order valence-electron chi connectivity index (χ4n) is 1.68. The predicted molar refractivity (Wildman–Crippen MR) is 74.2 cm³/mol. The lowest BCUT2D eigenvalue weighted by Gasteiger charge is -2.08. The largest absolute Gasteiger partial charge is 0.478 e. The van der Waals surface area contributed by atoms with Crippen molar-refractivity contribution < 1.29 is 18.3 Å². The molecule has 0 atom stereocenters. The molecule has 2 rings (SSSR count). The van der Waals surface area contributed by atoms with Gasteiger partial charge in [0.15, 0.2) is 0 Å². The zero-order chi connectivity index (χ0) is 15.5. The summed E-state index contributed by atoms with van der Waals surface area (Å²) in [6, 6.07) is 7.23. The lowest BCUT2D eigenvalue weighted by molar-refractivity contribution is 0.0696. The Morgan fingerprint density at radius 2 is 2.10 bits per heavy atom. The van der Waals surface area contributed by atoms with Gasteiger partial charge in [-0.05, 0) is 36.8 Å². The van der Waals surface area contributed by atoms with Crippen LogP contribution in [0.25, 0.3) is 0 Å². The van der Waals surface area contributed by atoms with Crippen LogP contribution in [0.2, 0.25) is 0 Å². The highest BCUT2D eigenvalue weighted by molar-refractivity contribution is 7.89. The third-order valence-electron chi connectivity index (χ3n) is 2.82. The Morgan fingerprint density at radius 1 is 1.33 bits per heavy atom. The third-order valence-corrected chi connectivity index (χ3v) is 4.22. The van der Waals surface area contributed by atoms with Crippen LogP contribution < -0.4 is 4.72 Å². The van der Waals surface area contributed by atoms with E-state index in [9.17, 15) is 13.2 Å². The van der Waals surface area contributed by atoms with E-state index in [1.54, 1.807) is 19.1 Å². The van der Waals surface area contributed by atoms with Crippen LogP contribution in [0.4, 0.5) is 0 Å². The van der Waals surface area contributed by atoms with Crippen LogP contribution in [-0.4, -0.2) is 29.7 Å². The van der Waals surface area contributed by atoms with Crippen LogP contribution >= 0.6 is 0 Å². The maximum atomic E-state index is 12.1. The quantitative estimate of drug-likeness (QED) is 0.851. The standard InChI is InChI=1S/C13H13N3O4S/c1-9-4-5-11(7-12(9)13(17)18)21(19,20)15-8-10-3-2-6-14-16-10/h2-7,15H,8H2,1H3,(H,17,18). The summed E-state index contributed by atoms with van der Waals surface area (Å²) in [6.07, 6.45) is 1.48. The van der Waals surface area contributed by atoms with Gasteiger partial charge in [0, 0.05) is 6.20 Å². The van der Waals surface area contributed by atoms with E-state index in [2.05, 4.69) is 14.9 Å². The molecule has 0 spiro atoms. The summed E-state index contributed by atoms with van der Waals surface area (Å²) >= 11 is 0. The van der Waals surface area contributed by atoms with Crippen molar-refractivity contribution in [2.45, 2.75) is 18.4 Å². The van der Waals surface area contributed by atoms with Crippen LogP contribution in [0.15, 0.2) is 41.4 Å². The van der Waals surface area contributed by atoms with E-state index in [-0.39, 0.29) is 17.0 Å². The molecule has 2 N–H and O–H groups in total. The first-order chi connectivity index (χ1) is 9.90. The molecular weight excluding hydrogens is 294 g/mol. The second kappa shape index (κ2) is 5.98. The smallest absolute Gasteiger partial charge is 0.335 e. The molecule has 0 amide bonds. The summed E-state index contributed by atoms with van der Waals surface area (Å²) in [5, 5.41) is 16.4. The van der Waals surface area contributed by atoms with E-state index >= 15 is 0 Å². The summed E-state index contributed by atoms with van der Waals surface area (Å²) in [5.41, 5.74) is 0.916. The monoisotopic (exact) mass is 307 g/mol. The van der Waals surface area contributed by atoms with Crippen LogP contribution in [0.5, 0.6) is 0 Å². The number of carboxylic acid groups (broad SMARTS) is 1. The van der Waals surface area contributed by atoms with Gasteiger partial charge >= 0.3 is 5.97 Å². The molecule has 0 unspecified atom stereocenters. The summed E-state index contributed by atoms with van der Waals surface area (Å²) in [6.45, 7) is 1.58. The summed E-state index contributed by atoms with van der Waals surface area (Å²) in [7, 11) is -3.81. The molecule has 0 saturated heterocycles. The fraction of sp³-hybridized carbons (Fsp3) is 0.154. The number of nitrogens with one attached hydrogen (secondary N) is 1. The molecule has 1 heterocycles. The SMILES string of the molecule is Cc1ccc(S(=O)(=O)NCc2cccnn2)cc1C(=O)O. The summed E-state index contributed by atoms with van der Waals surface area (Å²) < 4.78 is 26.6. The first-order valence-electron chi connectivity index (χ1n) is 6.00. The third kappa shape index (κ3) is 3.61. The van der Waals surface area contributed by atoms with Crippen molar-refractivity contribution in [3.63, 3.8) is 0 Å². The van der Waals surface area contributed by atoms with Crippen molar-refractivity contribution in [3.8, 4) is 0 Å². The van der Waals surface area contributed by atoms with Crippen molar-refractivity contribution in [1.82, 2.24) is 14.9 Å². The number of carboxylic acids is 1. The molecular formula is C13H13N3O4S. The number of hydrogen-bond acceptors (Lipinski definition) is 5. The minimum absolute atomic E-state index is 0.0214. The second-order valence-electron chi connectivity index (χ2n) is 4.32. The highest BCUT2D eigenvalue weighted by Gasteiger charge is 2.17. The van der Waals surface area contributed by atoms with Gasteiger partial charge in [0.1, 0.15) is 0 Å². The van der Waals surface area contributed by atoms with E-state index in [1.807, 2.05) is 0 Å². The fourth-order valence-corrected chi connectivity index (χ4v) is 2.70. The lowest BCUT2D eigenvalue weighted by atomic mass is 10.1. The minimum atomic E-state index is -3.81. The molecule has 0 aliphatic rings. The molecule has 7 nitrogen and oxygen atoms in total. The van der Waals surface area contributed by atoms with Gasteiger partial charge in [0.2, 0.25) is 10.0 Å². The number of carbonyl (C=O) groups is 1. The molecule has 1 aromatic carbocycles. The summed E-state index contributed by atoms with van der Waals surface area (Å²) in [4.78, 5) is 10.9. The van der Waals surface area contributed by atoms with E-state index < -0.39 is 16.0 Å².